The highest BCUT2D eigenvalue weighted by Gasteiger charge is 2.72. The van der Waals surface area contributed by atoms with Gasteiger partial charge in [0.15, 0.2) is 12.6 Å². The van der Waals surface area contributed by atoms with E-state index in [0.717, 1.165) is 12.0 Å². The van der Waals surface area contributed by atoms with Gasteiger partial charge in [0.05, 0.1) is 43.0 Å². The van der Waals surface area contributed by atoms with Crippen LogP contribution < -0.4 is 0 Å². The predicted octanol–water partition coefficient (Wildman–Crippen LogP) is -1.03. The van der Waals surface area contributed by atoms with Crippen LogP contribution in [-0.2, 0) is 33.2 Å². The summed E-state index contributed by atoms with van der Waals surface area (Å²) in [6.07, 6.45) is -21.1. The van der Waals surface area contributed by atoms with Gasteiger partial charge in [0, 0.05) is 0 Å². The standard InChI is InChI=1S/C48H78O19/c1-19-11-12-48(14-13-46(7)22(28(48)20(19)2)9-10-27-45(6)15-24(51)39(60)44(4,5)38(45)23(50)16-47(27,46)8)43(61)67-42-35(58)32(55)30(53)26(65-42)18-62-40-36(59)33(56)37(25(17-49)64-40)66-41-34(57)31(54)29(52)21(3)63-41/h9,19-21,23-42,49-60H,10-18H2,1-8H3/t19-,20+,21+,23-,24-,25-,26-,27-,28+,29+,30-,31-,32+,33+,34-,35-,36-,37-,38+,39+,40-,41+,42+,45-,46-,47-,48+/m1/s1. The molecule has 0 unspecified atom stereocenters. The lowest BCUT2D eigenvalue weighted by atomic mass is 9.32. The summed E-state index contributed by atoms with van der Waals surface area (Å²) < 4.78 is 34.7. The molecule has 0 amide bonds. The van der Waals surface area contributed by atoms with E-state index in [9.17, 15) is 61.3 Å². The Morgan fingerprint density at radius 3 is 2.00 bits per heavy atom. The van der Waals surface area contributed by atoms with E-state index in [4.69, 9.17) is 28.4 Å². The van der Waals surface area contributed by atoms with Gasteiger partial charge in [-0.25, -0.2) is 0 Å². The minimum Gasteiger partial charge on any atom is -0.432 e. The minimum atomic E-state index is -1.87. The molecular formula is C48H78O19. The molecule has 0 aromatic rings. The van der Waals surface area contributed by atoms with E-state index in [2.05, 4.69) is 40.7 Å². The Morgan fingerprint density at radius 1 is 0.701 bits per heavy atom. The number of aliphatic hydroxyl groups is 12. The second-order valence-electron chi connectivity index (χ2n) is 23.2. The third kappa shape index (κ3) is 7.92. The SMILES string of the molecule is C[C@H]1[C@H](C)CC[C@]2(C(=O)O[C@@H]3O[C@H](CO[C@@H]4O[C@H](CO)[C@@H](O[C@@H]5O[C@@H](C)[C@H](O)[C@@H](O)[C@H]5O)[C@@H](O)[C@H]4O)[C@@H](O)[C@H](O)[C@H]3O)CC[C@]3(C)C(=CC[C@@H]4[C@@]5(C)C[C@@H](O)[C@H](O)C(C)(C)[C@@H]5[C@H](O)C[C@]43C)[C@H]12. The molecule has 0 radical (unpaired) electrons. The first-order valence-corrected chi connectivity index (χ1v) is 24.5. The van der Waals surface area contributed by atoms with E-state index < -0.39 is 157 Å². The first-order chi connectivity index (χ1) is 31.2. The molecule has 27 atom stereocenters. The Kier molecular flexibility index (Phi) is 14.1. The number of aliphatic hydroxyl groups excluding tert-OH is 12. The van der Waals surface area contributed by atoms with Gasteiger partial charge in [0.2, 0.25) is 6.29 Å². The zero-order valence-corrected chi connectivity index (χ0v) is 39.9. The van der Waals surface area contributed by atoms with Gasteiger partial charge in [-0.1, -0.05) is 60.1 Å². The summed E-state index contributed by atoms with van der Waals surface area (Å²) in [6.45, 7) is 14.9. The Balaban J connectivity index is 0.990. The molecule has 0 aromatic carbocycles. The van der Waals surface area contributed by atoms with Crippen LogP contribution >= 0.6 is 0 Å². The number of esters is 1. The molecule has 3 heterocycles. The van der Waals surface area contributed by atoms with Crippen LogP contribution in [0.3, 0.4) is 0 Å². The Bertz CT molecular complexity index is 1830. The highest BCUT2D eigenvalue weighted by atomic mass is 16.8. The summed E-state index contributed by atoms with van der Waals surface area (Å²) in [5.74, 6) is -0.831. The van der Waals surface area contributed by atoms with Gasteiger partial charge in [0.25, 0.3) is 0 Å². The highest BCUT2D eigenvalue weighted by molar-refractivity contribution is 5.79. The molecule has 384 valence electrons. The number of ether oxygens (including phenoxy) is 6. The summed E-state index contributed by atoms with van der Waals surface area (Å²) in [7, 11) is 0. The van der Waals surface area contributed by atoms with Crippen molar-refractivity contribution < 1.29 is 94.5 Å². The van der Waals surface area contributed by atoms with Crippen LogP contribution in [0.4, 0.5) is 0 Å². The molecule has 8 rings (SSSR count). The van der Waals surface area contributed by atoms with Crippen LogP contribution in [0.1, 0.15) is 100 Å². The molecular weight excluding hydrogens is 881 g/mol. The van der Waals surface area contributed by atoms with Crippen molar-refractivity contribution in [3.05, 3.63) is 11.6 Å². The number of rotatable bonds is 8. The molecule has 0 spiro atoms. The molecule has 3 saturated heterocycles. The second kappa shape index (κ2) is 18.2. The predicted molar refractivity (Wildman–Crippen MR) is 231 cm³/mol. The van der Waals surface area contributed by atoms with Crippen molar-refractivity contribution >= 4 is 5.97 Å². The topological polar surface area (TPSA) is 315 Å². The lowest BCUT2D eigenvalue weighted by molar-refractivity contribution is -0.361. The zero-order valence-electron chi connectivity index (χ0n) is 39.9. The lowest BCUT2D eigenvalue weighted by Gasteiger charge is -2.72. The monoisotopic (exact) mass is 959 g/mol. The summed E-state index contributed by atoms with van der Waals surface area (Å²) in [6, 6.07) is 0. The van der Waals surface area contributed by atoms with Gasteiger partial charge in [0.1, 0.15) is 67.1 Å². The average Bonchev–Trinajstić information content (AvgIpc) is 3.26. The lowest BCUT2D eigenvalue weighted by Crippen LogP contribution is -2.70. The summed E-state index contributed by atoms with van der Waals surface area (Å²) in [5.41, 5.74) is -2.05. The van der Waals surface area contributed by atoms with Gasteiger partial charge >= 0.3 is 5.97 Å². The van der Waals surface area contributed by atoms with Crippen molar-refractivity contribution in [2.24, 2.45) is 56.7 Å². The quantitative estimate of drug-likeness (QED) is 0.102. The third-order valence-electron chi connectivity index (χ3n) is 19.5. The van der Waals surface area contributed by atoms with E-state index in [1.54, 1.807) is 0 Å². The van der Waals surface area contributed by atoms with Gasteiger partial charge in [-0.15, -0.1) is 0 Å². The van der Waals surface area contributed by atoms with Crippen molar-refractivity contribution in [3.63, 3.8) is 0 Å². The van der Waals surface area contributed by atoms with Gasteiger partial charge in [-0.05, 0) is 103 Å². The average molecular weight is 959 g/mol. The van der Waals surface area contributed by atoms with Crippen LogP contribution in [-0.4, -0.2) is 191 Å². The maximum Gasteiger partial charge on any atom is 0.315 e. The molecule has 4 saturated carbocycles. The van der Waals surface area contributed by atoms with E-state index in [-0.39, 0.29) is 29.6 Å². The van der Waals surface area contributed by atoms with Gasteiger partial charge in [-0.2, -0.15) is 0 Å². The van der Waals surface area contributed by atoms with E-state index in [1.807, 2.05) is 13.8 Å². The number of hydrogen-bond acceptors (Lipinski definition) is 19. The molecule has 3 aliphatic heterocycles. The molecule has 7 fully saturated rings. The van der Waals surface area contributed by atoms with E-state index in [0.29, 0.717) is 38.5 Å². The van der Waals surface area contributed by atoms with Crippen molar-refractivity contribution in [2.75, 3.05) is 13.2 Å². The Morgan fingerprint density at radius 2 is 1.33 bits per heavy atom. The fourth-order valence-corrected chi connectivity index (χ4v) is 15.4. The summed E-state index contributed by atoms with van der Waals surface area (Å²) in [5, 5.41) is 131. The van der Waals surface area contributed by atoms with Crippen molar-refractivity contribution in [2.45, 2.75) is 211 Å². The highest BCUT2D eigenvalue weighted by Crippen LogP contribution is 2.76. The van der Waals surface area contributed by atoms with Crippen LogP contribution in [0.5, 0.6) is 0 Å². The second-order valence-corrected chi connectivity index (χ2v) is 23.2. The number of carbonyl (C=O) groups is 1. The van der Waals surface area contributed by atoms with Crippen LogP contribution in [0, 0.1) is 56.7 Å². The normalized spacial score (nSPS) is 56.4. The molecule has 67 heavy (non-hydrogen) atoms. The fraction of sp³-hybridized carbons (Fsp3) is 0.938. The van der Waals surface area contributed by atoms with Crippen LogP contribution in [0.2, 0.25) is 0 Å². The number of carbonyl (C=O) groups excluding carboxylic acids is 1. The smallest absolute Gasteiger partial charge is 0.315 e. The molecule has 12 N–H and O–H groups in total. The maximum absolute atomic E-state index is 15.0. The van der Waals surface area contributed by atoms with Crippen LogP contribution in [0.25, 0.3) is 0 Å². The Labute approximate surface area is 392 Å². The summed E-state index contributed by atoms with van der Waals surface area (Å²) >= 11 is 0. The minimum absolute atomic E-state index is 0.0221. The fourth-order valence-electron chi connectivity index (χ4n) is 15.4. The van der Waals surface area contributed by atoms with Gasteiger partial charge < -0.3 is 89.7 Å². The summed E-state index contributed by atoms with van der Waals surface area (Å²) in [4.78, 5) is 15.0. The molecule has 19 nitrogen and oxygen atoms in total. The third-order valence-corrected chi connectivity index (χ3v) is 19.5. The molecule has 19 heteroatoms. The largest absolute Gasteiger partial charge is 0.432 e. The first kappa shape index (κ1) is 51.9. The number of fused-ring (bicyclic) bond motifs is 7. The van der Waals surface area contributed by atoms with E-state index in [1.165, 1.54) is 6.92 Å². The first-order valence-electron chi connectivity index (χ1n) is 24.5. The number of hydrogen-bond donors (Lipinski definition) is 12. The maximum atomic E-state index is 15.0. The van der Waals surface area contributed by atoms with Gasteiger partial charge in [-0.3, -0.25) is 4.79 Å². The van der Waals surface area contributed by atoms with E-state index >= 15 is 4.79 Å². The molecule has 8 aliphatic rings. The molecule has 0 bridgehead atoms. The Hall–Kier alpha value is -1.47. The molecule has 5 aliphatic carbocycles. The molecule has 0 aromatic heterocycles. The van der Waals surface area contributed by atoms with Crippen molar-refractivity contribution in [1.29, 1.82) is 0 Å². The zero-order chi connectivity index (χ0) is 49.2. The van der Waals surface area contributed by atoms with Crippen LogP contribution in [0.15, 0.2) is 11.6 Å². The number of allylic oxidation sites excluding steroid dienone is 2. The van der Waals surface area contributed by atoms with Crippen molar-refractivity contribution in [1.82, 2.24) is 0 Å². The van der Waals surface area contributed by atoms with Crippen molar-refractivity contribution in [3.8, 4) is 0 Å².